The van der Waals surface area contributed by atoms with Gasteiger partial charge in [0.15, 0.2) is 11.5 Å². The molecule has 0 atom stereocenters. The van der Waals surface area contributed by atoms with Crippen molar-refractivity contribution in [3.63, 3.8) is 0 Å². The van der Waals surface area contributed by atoms with Gasteiger partial charge in [-0.05, 0) is 32.9 Å². The molecule has 1 aromatic carbocycles. The molecule has 0 saturated heterocycles. The van der Waals surface area contributed by atoms with Gasteiger partial charge in [-0.25, -0.2) is 0 Å². The predicted molar refractivity (Wildman–Crippen MR) is 96.2 cm³/mol. The summed E-state index contributed by atoms with van der Waals surface area (Å²) in [7, 11) is 0. The van der Waals surface area contributed by atoms with Crippen LogP contribution in [0.3, 0.4) is 0 Å². The highest BCUT2D eigenvalue weighted by atomic mass is 16.5. The topological polar surface area (TPSA) is 48.0 Å². The molecule has 0 bridgehead atoms. The summed E-state index contributed by atoms with van der Waals surface area (Å²) in [6.07, 6.45) is 3.37. The van der Waals surface area contributed by atoms with Gasteiger partial charge < -0.3 is 19.1 Å². The summed E-state index contributed by atoms with van der Waals surface area (Å²) < 4.78 is 17.0. The fourth-order valence-corrected chi connectivity index (χ4v) is 2.25. The van der Waals surface area contributed by atoms with E-state index in [2.05, 4.69) is 13.2 Å². The smallest absolute Gasteiger partial charge is 0.254 e. The minimum absolute atomic E-state index is 0.139. The first-order valence-corrected chi connectivity index (χ1v) is 8.20. The molecular weight excluding hydrogens is 306 g/mol. The van der Waals surface area contributed by atoms with Crippen molar-refractivity contribution in [1.29, 1.82) is 0 Å². The second kappa shape index (κ2) is 10.4. The molecule has 24 heavy (non-hydrogen) atoms. The summed E-state index contributed by atoms with van der Waals surface area (Å²) in [5, 5.41) is 0. The average molecular weight is 333 g/mol. The summed E-state index contributed by atoms with van der Waals surface area (Å²) in [5.74, 6) is 1.40. The molecule has 5 heteroatoms. The molecule has 0 fully saturated rings. The van der Waals surface area contributed by atoms with Crippen LogP contribution in [0.15, 0.2) is 37.4 Å². The van der Waals surface area contributed by atoms with E-state index in [0.29, 0.717) is 55.7 Å². The molecule has 0 heterocycles. The Morgan fingerprint density at radius 2 is 1.42 bits per heavy atom. The van der Waals surface area contributed by atoms with Gasteiger partial charge in [0.1, 0.15) is 0 Å². The predicted octanol–water partition coefficient (Wildman–Crippen LogP) is 3.70. The van der Waals surface area contributed by atoms with Gasteiger partial charge in [0.2, 0.25) is 5.75 Å². The number of carbonyl (C=O) groups excluding carboxylic acids is 1. The fourth-order valence-electron chi connectivity index (χ4n) is 2.25. The standard InChI is InChI=1S/C19H27NO4/c1-6-11-20(12-7-2)19(21)15-13-16(22-8-3)18(24-10-5)17(14-15)23-9-4/h6-7,13-14H,1-2,8-12H2,3-5H3. The van der Waals surface area contributed by atoms with Crippen LogP contribution in [-0.4, -0.2) is 43.7 Å². The molecule has 5 nitrogen and oxygen atoms in total. The second-order valence-electron chi connectivity index (χ2n) is 4.89. The Labute approximate surface area is 144 Å². The molecule has 0 saturated carbocycles. The van der Waals surface area contributed by atoms with Gasteiger partial charge >= 0.3 is 0 Å². The largest absolute Gasteiger partial charge is 0.490 e. The van der Waals surface area contributed by atoms with Crippen molar-refractivity contribution in [1.82, 2.24) is 4.90 Å². The number of hydrogen-bond donors (Lipinski definition) is 0. The Morgan fingerprint density at radius 1 is 0.958 bits per heavy atom. The summed E-state index contributed by atoms with van der Waals surface area (Å²) in [6, 6.07) is 3.39. The molecule has 0 aromatic heterocycles. The van der Waals surface area contributed by atoms with Crippen molar-refractivity contribution < 1.29 is 19.0 Å². The van der Waals surface area contributed by atoms with Crippen LogP contribution in [0.1, 0.15) is 31.1 Å². The van der Waals surface area contributed by atoms with Crippen molar-refractivity contribution in [2.45, 2.75) is 20.8 Å². The molecule has 0 unspecified atom stereocenters. The van der Waals surface area contributed by atoms with Crippen LogP contribution in [0.2, 0.25) is 0 Å². The van der Waals surface area contributed by atoms with Crippen LogP contribution in [-0.2, 0) is 0 Å². The van der Waals surface area contributed by atoms with E-state index in [0.717, 1.165) is 0 Å². The monoisotopic (exact) mass is 333 g/mol. The maximum absolute atomic E-state index is 12.8. The van der Waals surface area contributed by atoms with Gasteiger partial charge in [-0.1, -0.05) is 12.2 Å². The normalized spacial score (nSPS) is 9.96. The Hall–Kier alpha value is -2.43. The van der Waals surface area contributed by atoms with Crippen LogP contribution in [0.4, 0.5) is 0 Å². The number of ether oxygens (including phenoxy) is 3. The van der Waals surface area contributed by atoms with Crippen molar-refractivity contribution in [2.75, 3.05) is 32.9 Å². The zero-order valence-corrected chi connectivity index (χ0v) is 14.8. The molecule has 0 aliphatic carbocycles. The maximum Gasteiger partial charge on any atom is 0.254 e. The second-order valence-corrected chi connectivity index (χ2v) is 4.89. The van der Waals surface area contributed by atoms with Crippen LogP contribution in [0, 0.1) is 0 Å². The summed E-state index contributed by atoms with van der Waals surface area (Å²) in [5.41, 5.74) is 0.481. The average Bonchev–Trinajstić information content (AvgIpc) is 2.57. The third-order valence-corrected chi connectivity index (χ3v) is 3.14. The lowest BCUT2D eigenvalue weighted by Gasteiger charge is -2.21. The molecule has 132 valence electrons. The van der Waals surface area contributed by atoms with Gasteiger partial charge in [0, 0.05) is 18.7 Å². The van der Waals surface area contributed by atoms with E-state index in [1.54, 1.807) is 29.2 Å². The van der Waals surface area contributed by atoms with E-state index in [9.17, 15) is 4.79 Å². The number of carbonyl (C=O) groups is 1. The van der Waals surface area contributed by atoms with E-state index in [-0.39, 0.29) is 5.91 Å². The van der Waals surface area contributed by atoms with Crippen molar-refractivity contribution in [3.8, 4) is 17.2 Å². The molecule has 0 aliphatic rings. The quantitative estimate of drug-likeness (QED) is 0.579. The molecule has 0 radical (unpaired) electrons. The van der Waals surface area contributed by atoms with Gasteiger partial charge in [0.05, 0.1) is 19.8 Å². The maximum atomic E-state index is 12.8. The van der Waals surface area contributed by atoms with Gasteiger partial charge in [-0.2, -0.15) is 0 Å². The van der Waals surface area contributed by atoms with E-state index in [1.807, 2.05) is 20.8 Å². The van der Waals surface area contributed by atoms with Crippen LogP contribution < -0.4 is 14.2 Å². The Kier molecular flexibility index (Phi) is 8.47. The summed E-state index contributed by atoms with van der Waals surface area (Å²) >= 11 is 0. The van der Waals surface area contributed by atoms with Crippen molar-refractivity contribution >= 4 is 5.91 Å². The SMILES string of the molecule is C=CCN(CC=C)C(=O)c1cc(OCC)c(OCC)c(OCC)c1. The third kappa shape index (κ3) is 5.05. The van der Waals surface area contributed by atoms with E-state index < -0.39 is 0 Å². The van der Waals surface area contributed by atoms with Crippen molar-refractivity contribution in [3.05, 3.63) is 43.0 Å². The number of rotatable bonds is 11. The van der Waals surface area contributed by atoms with E-state index in [1.165, 1.54) is 0 Å². The minimum Gasteiger partial charge on any atom is -0.490 e. The molecule has 1 rings (SSSR count). The highest BCUT2D eigenvalue weighted by Gasteiger charge is 2.21. The van der Waals surface area contributed by atoms with Gasteiger partial charge in [0.25, 0.3) is 5.91 Å². The lowest BCUT2D eigenvalue weighted by Crippen LogP contribution is -2.31. The first-order chi connectivity index (χ1) is 11.6. The number of amides is 1. The van der Waals surface area contributed by atoms with Gasteiger partial charge in [-0.3, -0.25) is 4.79 Å². The highest BCUT2D eigenvalue weighted by Crippen LogP contribution is 2.39. The zero-order valence-electron chi connectivity index (χ0n) is 14.8. The molecular formula is C19H27NO4. The highest BCUT2D eigenvalue weighted by molar-refractivity contribution is 5.95. The lowest BCUT2D eigenvalue weighted by molar-refractivity contribution is 0.0789. The zero-order chi connectivity index (χ0) is 17.9. The molecule has 0 aliphatic heterocycles. The summed E-state index contributed by atoms with van der Waals surface area (Å²) in [4.78, 5) is 14.4. The number of benzene rings is 1. The Morgan fingerprint density at radius 3 is 1.79 bits per heavy atom. The van der Waals surface area contributed by atoms with E-state index >= 15 is 0 Å². The molecule has 1 aromatic rings. The third-order valence-electron chi connectivity index (χ3n) is 3.14. The molecule has 0 spiro atoms. The summed E-state index contributed by atoms with van der Waals surface area (Å²) in [6.45, 7) is 15.3. The minimum atomic E-state index is -0.139. The van der Waals surface area contributed by atoms with Crippen molar-refractivity contribution in [2.24, 2.45) is 0 Å². The first-order valence-electron chi connectivity index (χ1n) is 8.20. The Bertz CT molecular complexity index is 531. The van der Waals surface area contributed by atoms with Gasteiger partial charge in [-0.15, -0.1) is 13.2 Å². The van der Waals surface area contributed by atoms with Crippen LogP contribution in [0.5, 0.6) is 17.2 Å². The fraction of sp³-hybridized carbons (Fsp3) is 0.421. The van der Waals surface area contributed by atoms with E-state index in [4.69, 9.17) is 14.2 Å². The van der Waals surface area contributed by atoms with Crippen LogP contribution >= 0.6 is 0 Å². The molecule has 1 amide bonds. The number of nitrogens with zero attached hydrogens (tertiary/aromatic N) is 1. The van der Waals surface area contributed by atoms with Crippen LogP contribution in [0.25, 0.3) is 0 Å². The number of hydrogen-bond acceptors (Lipinski definition) is 4. The lowest BCUT2D eigenvalue weighted by atomic mass is 10.1. The Balaban J connectivity index is 3.33. The first kappa shape index (κ1) is 19.6. The molecule has 0 N–H and O–H groups in total.